The average molecular weight is 463 g/mol. The lowest BCUT2D eigenvalue weighted by Gasteiger charge is -2.41. The van der Waals surface area contributed by atoms with E-state index in [0.29, 0.717) is 32.7 Å². The van der Waals surface area contributed by atoms with E-state index in [9.17, 15) is 24.3 Å². The molecular formula is C25H26N4O5. The van der Waals surface area contributed by atoms with Crippen molar-refractivity contribution in [3.05, 3.63) is 70.8 Å². The quantitative estimate of drug-likeness (QED) is 0.511. The van der Waals surface area contributed by atoms with Gasteiger partial charge in [-0.3, -0.25) is 34.3 Å². The Kier molecular flexibility index (Phi) is 5.76. The highest BCUT2D eigenvalue weighted by Crippen LogP contribution is 2.29. The highest BCUT2D eigenvalue weighted by Gasteiger charge is 2.44. The van der Waals surface area contributed by atoms with Gasteiger partial charge >= 0.3 is 0 Å². The maximum atomic E-state index is 13.1. The van der Waals surface area contributed by atoms with Crippen molar-refractivity contribution >= 4 is 23.6 Å². The molecule has 3 aliphatic heterocycles. The SMILES string of the molecule is O=C1CCC(N2C(=O)c3ccc(CN(Cc4ccccc4)CC4(O)CNC4)cc3C2=O)C(=O)N1. The predicted octanol–water partition coefficient (Wildman–Crippen LogP) is 0.424. The Morgan fingerprint density at radius 1 is 0.941 bits per heavy atom. The largest absolute Gasteiger partial charge is 0.386 e. The smallest absolute Gasteiger partial charge is 0.262 e. The lowest BCUT2D eigenvalue weighted by Crippen LogP contribution is -2.64. The molecule has 3 N–H and O–H groups in total. The molecule has 0 bridgehead atoms. The van der Waals surface area contributed by atoms with Crippen LogP contribution in [0.1, 0.15) is 44.7 Å². The van der Waals surface area contributed by atoms with Gasteiger partial charge in [0.15, 0.2) is 0 Å². The number of nitrogens with zero attached hydrogens (tertiary/aromatic N) is 2. The van der Waals surface area contributed by atoms with Crippen LogP contribution >= 0.6 is 0 Å². The summed E-state index contributed by atoms with van der Waals surface area (Å²) >= 11 is 0. The summed E-state index contributed by atoms with van der Waals surface area (Å²) in [5, 5.41) is 16.0. The van der Waals surface area contributed by atoms with E-state index in [1.165, 1.54) is 0 Å². The van der Waals surface area contributed by atoms with E-state index in [4.69, 9.17) is 0 Å². The minimum Gasteiger partial charge on any atom is -0.386 e. The maximum Gasteiger partial charge on any atom is 0.262 e. The van der Waals surface area contributed by atoms with Gasteiger partial charge in [0.1, 0.15) is 11.6 Å². The van der Waals surface area contributed by atoms with Gasteiger partial charge in [0.05, 0.1) is 11.1 Å². The monoisotopic (exact) mass is 462 g/mol. The molecule has 9 heteroatoms. The Morgan fingerprint density at radius 3 is 2.32 bits per heavy atom. The standard InChI is InChI=1S/C25H26N4O5/c30-21-9-8-20(22(31)27-21)29-23(32)18-7-6-17(10-19(18)24(29)33)12-28(15-25(34)13-26-14-25)11-16-4-2-1-3-5-16/h1-7,10,20,26,34H,8-9,11-15H2,(H,27,30,31). The summed E-state index contributed by atoms with van der Waals surface area (Å²) in [7, 11) is 0. The van der Waals surface area contributed by atoms with Crippen LogP contribution in [-0.2, 0) is 22.7 Å². The lowest BCUT2D eigenvalue weighted by molar-refractivity contribution is -0.136. The summed E-state index contributed by atoms with van der Waals surface area (Å²) in [6.45, 7) is 2.61. The molecule has 3 heterocycles. The number of fused-ring (bicyclic) bond motifs is 1. The summed E-state index contributed by atoms with van der Waals surface area (Å²) in [6.07, 6.45) is 0.210. The molecule has 3 aliphatic rings. The fourth-order valence-corrected chi connectivity index (χ4v) is 4.83. The first-order chi connectivity index (χ1) is 16.3. The normalized spacial score (nSPS) is 21.5. The second-order valence-corrected chi connectivity index (χ2v) is 9.29. The lowest BCUT2D eigenvalue weighted by atomic mass is 9.95. The summed E-state index contributed by atoms with van der Waals surface area (Å²) < 4.78 is 0. The van der Waals surface area contributed by atoms with E-state index in [1.807, 2.05) is 30.3 Å². The zero-order valence-electron chi connectivity index (χ0n) is 18.6. The van der Waals surface area contributed by atoms with Gasteiger partial charge in [-0.15, -0.1) is 0 Å². The van der Waals surface area contributed by atoms with E-state index in [1.54, 1.807) is 18.2 Å². The summed E-state index contributed by atoms with van der Waals surface area (Å²) in [5.41, 5.74) is 1.65. The van der Waals surface area contributed by atoms with Crippen LogP contribution in [-0.4, -0.2) is 69.8 Å². The van der Waals surface area contributed by atoms with Crippen molar-refractivity contribution in [3.8, 4) is 0 Å². The van der Waals surface area contributed by atoms with Crippen LogP contribution in [0.4, 0.5) is 0 Å². The minimum absolute atomic E-state index is 0.0846. The van der Waals surface area contributed by atoms with Crippen LogP contribution in [0.5, 0.6) is 0 Å². The molecule has 176 valence electrons. The number of piperidine rings is 1. The summed E-state index contributed by atoms with van der Waals surface area (Å²) in [4.78, 5) is 52.9. The van der Waals surface area contributed by atoms with Crippen molar-refractivity contribution in [1.29, 1.82) is 0 Å². The molecule has 0 spiro atoms. The fraction of sp³-hybridized carbons (Fsp3) is 0.360. The molecule has 0 aliphatic carbocycles. The number of nitrogens with one attached hydrogen (secondary N) is 2. The van der Waals surface area contributed by atoms with Crippen molar-refractivity contribution in [2.24, 2.45) is 0 Å². The first kappa shape index (κ1) is 22.4. The zero-order chi connectivity index (χ0) is 23.9. The summed E-state index contributed by atoms with van der Waals surface area (Å²) in [6, 6.07) is 14.1. The predicted molar refractivity (Wildman–Crippen MR) is 121 cm³/mol. The second-order valence-electron chi connectivity index (χ2n) is 9.29. The molecule has 9 nitrogen and oxygen atoms in total. The molecular weight excluding hydrogens is 436 g/mol. The molecule has 0 radical (unpaired) electrons. The molecule has 2 fully saturated rings. The topological polar surface area (TPSA) is 119 Å². The van der Waals surface area contributed by atoms with Gasteiger partial charge in [0, 0.05) is 39.1 Å². The van der Waals surface area contributed by atoms with Crippen LogP contribution in [0.25, 0.3) is 0 Å². The van der Waals surface area contributed by atoms with E-state index in [-0.39, 0.29) is 24.0 Å². The van der Waals surface area contributed by atoms with E-state index in [2.05, 4.69) is 15.5 Å². The van der Waals surface area contributed by atoms with Crippen LogP contribution in [0.15, 0.2) is 48.5 Å². The number of imide groups is 2. The molecule has 5 rings (SSSR count). The Labute approximate surface area is 196 Å². The van der Waals surface area contributed by atoms with Gasteiger partial charge in [0.2, 0.25) is 11.8 Å². The van der Waals surface area contributed by atoms with Crippen molar-refractivity contribution in [3.63, 3.8) is 0 Å². The Bertz CT molecular complexity index is 1160. The van der Waals surface area contributed by atoms with Gasteiger partial charge in [0.25, 0.3) is 11.8 Å². The molecule has 2 aromatic rings. The number of rotatable bonds is 7. The van der Waals surface area contributed by atoms with Crippen LogP contribution < -0.4 is 10.6 Å². The number of hydrogen-bond donors (Lipinski definition) is 3. The Hall–Kier alpha value is -3.40. The van der Waals surface area contributed by atoms with Gasteiger partial charge in [-0.2, -0.15) is 0 Å². The molecule has 1 atom stereocenters. The fourth-order valence-electron chi connectivity index (χ4n) is 4.83. The van der Waals surface area contributed by atoms with Crippen LogP contribution in [0.3, 0.4) is 0 Å². The number of carbonyl (C=O) groups is 4. The highest BCUT2D eigenvalue weighted by atomic mass is 16.3. The number of β-amino-alcohol motifs (C(OH)–C–C–N with tert-alkyl or cyclic N) is 1. The van der Waals surface area contributed by atoms with Gasteiger partial charge in [-0.05, 0) is 29.7 Å². The molecule has 34 heavy (non-hydrogen) atoms. The van der Waals surface area contributed by atoms with Crippen molar-refractivity contribution in [2.75, 3.05) is 19.6 Å². The number of carbonyl (C=O) groups excluding carboxylic acids is 4. The minimum atomic E-state index is -0.983. The molecule has 4 amide bonds. The van der Waals surface area contributed by atoms with Crippen molar-refractivity contribution in [2.45, 2.75) is 37.6 Å². The first-order valence-electron chi connectivity index (χ1n) is 11.4. The third kappa shape index (κ3) is 4.25. The first-order valence-corrected chi connectivity index (χ1v) is 11.4. The Morgan fingerprint density at radius 2 is 1.65 bits per heavy atom. The van der Waals surface area contributed by atoms with Gasteiger partial charge in [-0.1, -0.05) is 36.4 Å². The Balaban J connectivity index is 1.37. The van der Waals surface area contributed by atoms with Gasteiger partial charge < -0.3 is 10.4 Å². The second kappa shape index (κ2) is 8.75. The average Bonchev–Trinajstić information content (AvgIpc) is 3.03. The van der Waals surface area contributed by atoms with E-state index >= 15 is 0 Å². The third-order valence-corrected chi connectivity index (χ3v) is 6.59. The molecule has 2 saturated heterocycles. The maximum absolute atomic E-state index is 13.1. The van der Waals surface area contributed by atoms with Crippen LogP contribution in [0.2, 0.25) is 0 Å². The summed E-state index contributed by atoms with van der Waals surface area (Å²) in [5.74, 6) is -2.06. The van der Waals surface area contributed by atoms with E-state index in [0.717, 1.165) is 16.0 Å². The van der Waals surface area contributed by atoms with Crippen molar-refractivity contribution in [1.82, 2.24) is 20.4 Å². The highest BCUT2D eigenvalue weighted by molar-refractivity contribution is 6.23. The molecule has 1 unspecified atom stereocenters. The van der Waals surface area contributed by atoms with Crippen molar-refractivity contribution < 1.29 is 24.3 Å². The molecule has 2 aromatic carbocycles. The third-order valence-electron chi connectivity index (χ3n) is 6.59. The zero-order valence-corrected chi connectivity index (χ0v) is 18.6. The van der Waals surface area contributed by atoms with E-state index < -0.39 is 35.3 Å². The number of aliphatic hydroxyl groups is 1. The number of benzene rings is 2. The number of hydrogen-bond acceptors (Lipinski definition) is 7. The van der Waals surface area contributed by atoms with Gasteiger partial charge in [-0.25, -0.2) is 0 Å². The molecule has 0 aromatic heterocycles. The van der Waals surface area contributed by atoms with Crippen LogP contribution in [0, 0.1) is 0 Å². The number of amides is 4. The molecule has 0 saturated carbocycles.